The summed E-state index contributed by atoms with van der Waals surface area (Å²) < 4.78 is 2.03. The van der Waals surface area contributed by atoms with Gasteiger partial charge >= 0.3 is 0 Å². The fourth-order valence-electron chi connectivity index (χ4n) is 2.14. The molecule has 3 nitrogen and oxygen atoms in total. The first-order valence-electron chi connectivity index (χ1n) is 5.43. The van der Waals surface area contributed by atoms with Crippen molar-refractivity contribution in [1.29, 1.82) is 0 Å². The SMILES string of the molecule is Clc1cccn2c(C3CCSCC3)nnc12. The van der Waals surface area contributed by atoms with Crippen molar-refractivity contribution >= 4 is 29.0 Å². The molecular formula is C11H12ClN3S. The van der Waals surface area contributed by atoms with Gasteiger partial charge in [0.2, 0.25) is 0 Å². The molecule has 3 heterocycles. The van der Waals surface area contributed by atoms with Gasteiger partial charge in [0.05, 0.1) is 5.02 Å². The van der Waals surface area contributed by atoms with Crippen LogP contribution in [-0.2, 0) is 0 Å². The fraction of sp³-hybridized carbons (Fsp3) is 0.455. The van der Waals surface area contributed by atoms with E-state index in [9.17, 15) is 0 Å². The Morgan fingerprint density at radius 1 is 1.31 bits per heavy atom. The molecule has 0 atom stereocenters. The Morgan fingerprint density at radius 2 is 2.12 bits per heavy atom. The molecule has 0 aromatic carbocycles. The van der Waals surface area contributed by atoms with Crippen molar-refractivity contribution in [3.63, 3.8) is 0 Å². The van der Waals surface area contributed by atoms with Crippen molar-refractivity contribution in [2.75, 3.05) is 11.5 Å². The van der Waals surface area contributed by atoms with Crippen LogP contribution in [0.4, 0.5) is 0 Å². The summed E-state index contributed by atoms with van der Waals surface area (Å²) in [5.74, 6) is 4.05. The predicted octanol–water partition coefficient (Wildman–Crippen LogP) is 2.99. The van der Waals surface area contributed by atoms with Gasteiger partial charge in [0.1, 0.15) is 5.82 Å². The van der Waals surface area contributed by atoms with Gasteiger partial charge in [-0.1, -0.05) is 11.6 Å². The third-order valence-corrected chi connectivity index (χ3v) is 4.34. The molecule has 0 unspecified atom stereocenters. The van der Waals surface area contributed by atoms with Crippen molar-refractivity contribution in [3.05, 3.63) is 29.2 Å². The molecule has 1 saturated heterocycles. The summed E-state index contributed by atoms with van der Waals surface area (Å²) in [4.78, 5) is 0. The Hall–Kier alpha value is -0.740. The number of fused-ring (bicyclic) bond motifs is 1. The third-order valence-electron chi connectivity index (χ3n) is 3.00. The molecule has 0 N–H and O–H groups in total. The molecule has 1 aliphatic rings. The molecule has 0 radical (unpaired) electrons. The van der Waals surface area contributed by atoms with E-state index in [1.807, 2.05) is 34.5 Å². The van der Waals surface area contributed by atoms with Gasteiger partial charge in [0.15, 0.2) is 5.65 Å². The summed E-state index contributed by atoms with van der Waals surface area (Å²) >= 11 is 8.10. The maximum atomic E-state index is 6.08. The highest BCUT2D eigenvalue weighted by molar-refractivity contribution is 7.99. The summed E-state index contributed by atoms with van der Waals surface area (Å²) in [7, 11) is 0. The molecule has 0 bridgehead atoms. The Morgan fingerprint density at radius 3 is 2.94 bits per heavy atom. The zero-order chi connectivity index (χ0) is 11.0. The number of halogens is 1. The number of aromatic nitrogens is 3. The van der Waals surface area contributed by atoms with E-state index in [0.29, 0.717) is 10.9 Å². The average Bonchev–Trinajstić information content (AvgIpc) is 2.75. The highest BCUT2D eigenvalue weighted by Crippen LogP contribution is 2.31. The van der Waals surface area contributed by atoms with Gasteiger partial charge in [-0.3, -0.25) is 4.40 Å². The summed E-state index contributed by atoms with van der Waals surface area (Å²) in [6.07, 6.45) is 4.38. The molecule has 16 heavy (non-hydrogen) atoms. The molecule has 1 aliphatic heterocycles. The first kappa shape index (κ1) is 10.4. The lowest BCUT2D eigenvalue weighted by atomic mass is 10.0. The van der Waals surface area contributed by atoms with E-state index in [1.165, 1.54) is 24.3 Å². The van der Waals surface area contributed by atoms with Crippen LogP contribution in [0.15, 0.2) is 18.3 Å². The van der Waals surface area contributed by atoms with Crippen LogP contribution in [0.1, 0.15) is 24.6 Å². The Bertz CT molecular complexity index is 505. The van der Waals surface area contributed by atoms with Crippen LogP contribution in [-0.4, -0.2) is 26.1 Å². The van der Waals surface area contributed by atoms with Gasteiger partial charge in [-0.25, -0.2) is 0 Å². The smallest absolute Gasteiger partial charge is 0.179 e. The zero-order valence-electron chi connectivity index (χ0n) is 8.77. The lowest BCUT2D eigenvalue weighted by molar-refractivity contribution is 0.592. The molecule has 84 valence electrons. The molecule has 2 aromatic heterocycles. The number of pyridine rings is 1. The van der Waals surface area contributed by atoms with E-state index in [-0.39, 0.29) is 0 Å². The van der Waals surface area contributed by atoms with Gasteiger partial charge in [0.25, 0.3) is 0 Å². The molecule has 0 spiro atoms. The second-order valence-electron chi connectivity index (χ2n) is 3.99. The van der Waals surface area contributed by atoms with Crippen LogP contribution >= 0.6 is 23.4 Å². The monoisotopic (exact) mass is 253 g/mol. The molecule has 3 rings (SSSR count). The standard InChI is InChI=1S/C11H12ClN3S/c12-9-2-1-5-15-10(13-14-11(9)15)8-3-6-16-7-4-8/h1-2,5,8H,3-4,6-7H2. The van der Waals surface area contributed by atoms with Gasteiger partial charge < -0.3 is 0 Å². The molecule has 0 saturated carbocycles. The quantitative estimate of drug-likeness (QED) is 0.783. The second kappa shape index (κ2) is 4.26. The van der Waals surface area contributed by atoms with Crippen LogP contribution in [0.25, 0.3) is 5.65 Å². The second-order valence-corrected chi connectivity index (χ2v) is 5.63. The van der Waals surface area contributed by atoms with Crippen molar-refractivity contribution in [2.45, 2.75) is 18.8 Å². The molecule has 0 amide bonds. The van der Waals surface area contributed by atoms with E-state index in [0.717, 1.165) is 11.5 Å². The summed E-state index contributed by atoms with van der Waals surface area (Å²) in [6, 6.07) is 3.80. The molecule has 5 heteroatoms. The van der Waals surface area contributed by atoms with Crippen molar-refractivity contribution < 1.29 is 0 Å². The third kappa shape index (κ3) is 1.70. The van der Waals surface area contributed by atoms with E-state index in [1.54, 1.807) is 0 Å². The average molecular weight is 254 g/mol. The van der Waals surface area contributed by atoms with Crippen molar-refractivity contribution in [3.8, 4) is 0 Å². The van der Waals surface area contributed by atoms with E-state index in [2.05, 4.69) is 10.2 Å². The van der Waals surface area contributed by atoms with E-state index < -0.39 is 0 Å². The lowest BCUT2D eigenvalue weighted by Crippen LogP contribution is -2.11. The minimum absolute atomic E-state index is 0.537. The number of hydrogen-bond donors (Lipinski definition) is 0. The van der Waals surface area contributed by atoms with E-state index >= 15 is 0 Å². The largest absolute Gasteiger partial charge is 0.285 e. The Labute approximate surface area is 103 Å². The van der Waals surface area contributed by atoms with Crippen LogP contribution in [0.5, 0.6) is 0 Å². The molecular weight excluding hydrogens is 242 g/mol. The maximum Gasteiger partial charge on any atom is 0.179 e. The van der Waals surface area contributed by atoms with Crippen LogP contribution in [0.2, 0.25) is 5.02 Å². The number of hydrogen-bond acceptors (Lipinski definition) is 3. The lowest BCUT2D eigenvalue weighted by Gasteiger charge is -2.19. The summed E-state index contributed by atoms with van der Waals surface area (Å²) in [6.45, 7) is 0. The highest BCUT2D eigenvalue weighted by Gasteiger charge is 2.21. The van der Waals surface area contributed by atoms with Crippen molar-refractivity contribution in [1.82, 2.24) is 14.6 Å². The summed E-state index contributed by atoms with van der Waals surface area (Å²) in [5, 5.41) is 9.14. The number of nitrogens with zero attached hydrogens (tertiary/aromatic N) is 3. The first-order valence-corrected chi connectivity index (χ1v) is 6.96. The minimum Gasteiger partial charge on any atom is -0.285 e. The van der Waals surface area contributed by atoms with Crippen LogP contribution < -0.4 is 0 Å². The Balaban J connectivity index is 2.06. The number of thioether (sulfide) groups is 1. The van der Waals surface area contributed by atoms with Crippen LogP contribution in [0, 0.1) is 0 Å². The Kier molecular flexibility index (Phi) is 2.77. The minimum atomic E-state index is 0.537. The maximum absolute atomic E-state index is 6.08. The normalized spacial score (nSPS) is 18.1. The topological polar surface area (TPSA) is 30.2 Å². The van der Waals surface area contributed by atoms with Gasteiger partial charge in [0, 0.05) is 12.1 Å². The highest BCUT2D eigenvalue weighted by atomic mass is 35.5. The molecule has 2 aromatic rings. The zero-order valence-corrected chi connectivity index (χ0v) is 10.3. The fourth-order valence-corrected chi connectivity index (χ4v) is 3.44. The van der Waals surface area contributed by atoms with E-state index in [4.69, 9.17) is 11.6 Å². The first-order chi connectivity index (χ1) is 7.86. The molecule has 0 aliphatic carbocycles. The van der Waals surface area contributed by atoms with Crippen LogP contribution in [0.3, 0.4) is 0 Å². The van der Waals surface area contributed by atoms with Crippen molar-refractivity contribution in [2.24, 2.45) is 0 Å². The predicted molar refractivity (Wildman–Crippen MR) is 67.3 cm³/mol. The van der Waals surface area contributed by atoms with Gasteiger partial charge in [-0.05, 0) is 36.5 Å². The van der Waals surface area contributed by atoms with Gasteiger partial charge in [-0.2, -0.15) is 11.8 Å². The summed E-state index contributed by atoms with van der Waals surface area (Å²) in [5.41, 5.74) is 0.775. The molecule has 1 fully saturated rings. The van der Waals surface area contributed by atoms with Gasteiger partial charge in [-0.15, -0.1) is 10.2 Å². The number of rotatable bonds is 1.